The SMILES string of the molecule is Cc1ccc(Cc2nc(C)c(Br)c(Cl)n2)cc1C. The molecule has 2 aromatic rings. The van der Waals surface area contributed by atoms with Gasteiger partial charge in [0.25, 0.3) is 0 Å². The third-order valence-corrected chi connectivity index (χ3v) is 4.41. The zero-order chi connectivity index (χ0) is 13.3. The molecule has 0 N–H and O–H groups in total. The molecule has 1 aromatic carbocycles. The van der Waals surface area contributed by atoms with Gasteiger partial charge in [-0.2, -0.15) is 0 Å². The highest BCUT2D eigenvalue weighted by Gasteiger charge is 2.08. The lowest BCUT2D eigenvalue weighted by Gasteiger charge is -2.07. The average Bonchev–Trinajstić information content (AvgIpc) is 2.31. The van der Waals surface area contributed by atoms with Crippen LogP contribution in [-0.4, -0.2) is 9.97 Å². The van der Waals surface area contributed by atoms with Gasteiger partial charge in [-0.1, -0.05) is 29.8 Å². The minimum Gasteiger partial charge on any atom is -0.237 e. The van der Waals surface area contributed by atoms with E-state index in [-0.39, 0.29) is 0 Å². The number of halogens is 2. The molecule has 0 spiro atoms. The van der Waals surface area contributed by atoms with E-state index >= 15 is 0 Å². The molecule has 18 heavy (non-hydrogen) atoms. The van der Waals surface area contributed by atoms with E-state index in [2.05, 4.69) is 57.9 Å². The Labute approximate surface area is 121 Å². The highest BCUT2D eigenvalue weighted by Crippen LogP contribution is 2.23. The Morgan fingerprint density at radius 3 is 2.44 bits per heavy atom. The van der Waals surface area contributed by atoms with Gasteiger partial charge >= 0.3 is 0 Å². The first-order valence-electron chi connectivity index (χ1n) is 5.72. The summed E-state index contributed by atoms with van der Waals surface area (Å²) in [4.78, 5) is 8.73. The highest BCUT2D eigenvalue weighted by atomic mass is 79.9. The second-order valence-corrected chi connectivity index (χ2v) is 5.58. The Hall–Kier alpha value is -0.930. The van der Waals surface area contributed by atoms with Crippen LogP contribution in [0.2, 0.25) is 5.15 Å². The first-order chi connectivity index (χ1) is 8.47. The van der Waals surface area contributed by atoms with Gasteiger partial charge in [0.05, 0.1) is 10.2 Å². The summed E-state index contributed by atoms with van der Waals surface area (Å²) >= 11 is 9.41. The van der Waals surface area contributed by atoms with E-state index in [0.717, 1.165) is 16.0 Å². The molecule has 4 heteroatoms. The zero-order valence-corrected chi connectivity index (χ0v) is 12.9. The van der Waals surface area contributed by atoms with Crippen LogP contribution in [0.25, 0.3) is 0 Å². The van der Waals surface area contributed by atoms with Crippen LogP contribution in [0.4, 0.5) is 0 Å². The largest absolute Gasteiger partial charge is 0.237 e. The van der Waals surface area contributed by atoms with Crippen LogP contribution in [0.5, 0.6) is 0 Å². The van der Waals surface area contributed by atoms with E-state index in [4.69, 9.17) is 11.6 Å². The van der Waals surface area contributed by atoms with Crippen molar-refractivity contribution >= 4 is 27.5 Å². The first kappa shape index (κ1) is 13.5. The van der Waals surface area contributed by atoms with Gasteiger partial charge in [0.2, 0.25) is 0 Å². The molecule has 0 amide bonds. The Kier molecular flexibility index (Phi) is 4.03. The monoisotopic (exact) mass is 324 g/mol. The molecule has 1 aromatic heterocycles. The Morgan fingerprint density at radius 1 is 1.11 bits per heavy atom. The van der Waals surface area contributed by atoms with Gasteiger partial charge < -0.3 is 0 Å². The number of hydrogen-bond donors (Lipinski definition) is 0. The van der Waals surface area contributed by atoms with E-state index in [0.29, 0.717) is 11.6 Å². The van der Waals surface area contributed by atoms with Crippen molar-refractivity contribution in [3.05, 3.63) is 56.0 Å². The van der Waals surface area contributed by atoms with E-state index in [1.54, 1.807) is 0 Å². The minimum absolute atomic E-state index is 0.473. The van der Waals surface area contributed by atoms with Crippen LogP contribution in [0, 0.1) is 20.8 Å². The number of hydrogen-bond acceptors (Lipinski definition) is 2. The first-order valence-corrected chi connectivity index (χ1v) is 6.89. The molecule has 0 saturated heterocycles. The fourth-order valence-electron chi connectivity index (χ4n) is 1.75. The van der Waals surface area contributed by atoms with Crippen LogP contribution in [0.3, 0.4) is 0 Å². The molecule has 0 saturated carbocycles. The predicted octanol–water partition coefficient (Wildman–Crippen LogP) is 4.41. The maximum absolute atomic E-state index is 6.04. The summed E-state index contributed by atoms with van der Waals surface area (Å²) in [6, 6.07) is 6.40. The van der Waals surface area contributed by atoms with Crippen LogP contribution in [0.15, 0.2) is 22.7 Å². The minimum atomic E-state index is 0.473. The second-order valence-electron chi connectivity index (χ2n) is 4.43. The van der Waals surface area contributed by atoms with Crippen molar-refractivity contribution in [2.24, 2.45) is 0 Å². The molecule has 2 rings (SSSR count). The van der Waals surface area contributed by atoms with Crippen molar-refractivity contribution in [2.75, 3.05) is 0 Å². The maximum atomic E-state index is 6.04. The summed E-state index contributed by atoms with van der Waals surface area (Å²) in [7, 11) is 0. The van der Waals surface area contributed by atoms with Crippen molar-refractivity contribution in [1.29, 1.82) is 0 Å². The maximum Gasteiger partial charge on any atom is 0.147 e. The Bertz CT molecular complexity index is 573. The summed E-state index contributed by atoms with van der Waals surface area (Å²) in [6.45, 7) is 6.14. The normalized spacial score (nSPS) is 10.7. The van der Waals surface area contributed by atoms with Gasteiger partial charge in [-0.05, 0) is 53.4 Å². The number of aryl methyl sites for hydroxylation is 3. The molecule has 1 heterocycles. The van der Waals surface area contributed by atoms with Gasteiger partial charge in [-0.15, -0.1) is 0 Å². The molecule has 0 aliphatic carbocycles. The third-order valence-electron chi connectivity index (χ3n) is 2.96. The molecule has 0 unspecified atom stereocenters. The van der Waals surface area contributed by atoms with E-state index in [1.165, 1.54) is 16.7 Å². The molecule has 0 aliphatic heterocycles. The van der Waals surface area contributed by atoms with Gasteiger partial charge in [0, 0.05) is 6.42 Å². The van der Waals surface area contributed by atoms with Gasteiger partial charge in [0.15, 0.2) is 0 Å². The van der Waals surface area contributed by atoms with E-state index in [1.807, 2.05) is 6.92 Å². The van der Waals surface area contributed by atoms with Crippen molar-refractivity contribution in [3.63, 3.8) is 0 Å². The van der Waals surface area contributed by atoms with Crippen molar-refractivity contribution in [1.82, 2.24) is 9.97 Å². The van der Waals surface area contributed by atoms with E-state index in [9.17, 15) is 0 Å². The van der Waals surface area contributed by atoms with Gasteiger partial charge in [0.1, 0.15) is 11.0 Å². The molecular formula is C14H14BrClN2. The standard InChI is InChI=1S/C14H14BrClN2/c1-8-4-5-11(6-9(8)2)7-12-17-10(3)13(15)14(16)18-12/h4-6H,7H2,1-3H3. The fourth-order valence-corrected chi connectivity index (χ4v) is 2.17. The third kappa shape index (κ3) is 2.90. The summed E-state index contributed by atoms with van der Waals surface area (Å²) in [6.07, 6.45) is 0.703. The van der Waals surface area contributed by atoms with Crippen molar-refractivity contribution in [3.8, 4) is 0 Å². The highest BCUT2D eigenvalue weighted by molar-refractivity contribution is 9.10. The van der Waals surface area contributed by atoms with Crippen LogP contribution >= 0.6 is 27.5 Å². The molecule has 0 aliphatic rings. The van der Waals surface area contributed by atoms with Crippen molar-refractivity contribution < 1.29 is 0 Å². The summed E-state index contributed by atoms with van der Waals surface area (Å²) < 4.78 is 0.771. The predicted molar refractivity (Wildman–Crippen MR) is 78.2 cm³/mol. The lowest BCUT2D eigenvalue weighted by atomic mass is 10.0. The number of nitrogens with zero attached hydrogens (tertiary/aromatic N) is 2. The van der Waals surface area contributed by atoms with Crippen LogP contribution in [0.1, 0.15) is 28.2 Å². The summed E-state index contributed by atoms with van der Waals surface area (Å²) in [5, 5.41) is 0.473. The zero-order valence-electron chi connectivity index (χ0n) is 10.6. The van der Waals surface area contributed by atoms with Crippen molar-refractivity contribution in [2.45, 2.75) is 27.2 Å². The number of benzene rings is 1. The van der Waals surface area contributed by atoms with Gasteiger partial charge in [-0.3, -0.25) is 0 Å². The Morgan fingerprint density at radius 2 is 1.83 bits per heavy atom. The number of rotatable bonds is 2. The average molecular weight is 326 g/mol. The summed E-state index contributed by atoms with van der Waals surface area (Å²) in [5.74, 6) is 0.754. The Balaban J connectivity index is 2.31. The molecule has 2 nitrogen and oxygen atoms in total. The van der Waals surface area contributed by atoms with Crippen LogP contribution in [-0.2, 0) is 6.42 Å². The molecule has 0 bridgehead atoms. The van der Waals surface area contributed by atoms with Crippen LogP contribution < -0.4 is 0 Å². The second kappa shape index (κ2) is 5.37. The molecule has 94 valence electrons. The molecule has 0 fully saturated rings. The number of aromatic nitrogens is 2. The summed E-state index contributed by atoms with van der Waals surface area (Å²) in [5.41, 5.74) is 4.65. The lowest BCUT2D eigenvalue weighted by Crippen LogP contribution is -2.00. The molecule has 0 radical (unpaired) electrons. The lowest BCUT2D eigenvalue weighted by molar-refractivity contribution is 0.933. The molecular weight excluding hydrogens is 312 g/mol. The van der Waals surface area contributed by atoms with Gasteiger partial charge in [-0.25, -0.2) is 9.97 Å². The topological polar surface area (TPSA) is 25.8 Å². The molecule has 0 atom stereocenters. The quantitative estimate of drug-likeness (QED) is 0.764. The fraction of sp³-hybridized carbons (Fsp3) is 0.286. The van der Waals surface area contributed by atoms with E-state index < -0.39 is 0 Å². The smallest absolute Gasteiger partial charge is 0.147 e.